The lowest BCUT2D eigenvalue weighted by Crippen LogP contribution is -2.35. The van der Waals surface area contributed by atoms with Gasteiger partial charge in [0.25, 0.3) is 0 Å². The minimum Gasteiger partial charge on any atom is -0.450 e. The second-order valence-electron chi connectivity index (χ2n) is 7.55. The van der Waals surface area contributed by atoms with Crippen LogP contribution in [0, 0.1) is 0 Å². The van der Waals surface area contributed by atoms with E-state index in [1.807, 2.05) is 22.9 Å². The first-order valence-electron chi connectivity index (χ1n) is 10.8. The van der Waals surface area contributed by atoms with Gasteiger partial charge in [-0.15, -0.1) is 0 Å². The first kappa shape index (κ1) is 21.0. The van der Waals surface area contributed by atoms with E-state index in [0.29, 0.717) is 16.9 Å². The van der Waals surface area contributed by atoms with E-state index in [1.165, 1.54) is 0 Å². The zero-order valence-electron chi connectivity index (χ0n) is 18.2. The molecule has 1 aliphatic heterocycles. The summed E-state index contributed by atoms with van der Waals surface area (Å²) in [6.07, 6.45) is 6.60. The number of H-pyrrole nitrogens is 1. The molecule has 4 aromatic rings. The van der Waals surface area contributed by atoms with Crippen LogP contribution in [0.25, 0.3) is 28.1 Å². The molecule has 1 aliphatic rings. The van der Waals surface area contributed by atoms with Gasteiger partial charge in [-0.05, 0) is 25.1 Å². The van der Waals surface area contributed by atoms with Crippen molar-refractivity contribution >= 4 is 23.1 Å². The third-order valence-electron chi connectivity index (χ3n) is 5.30. The third-order valence-corrected chi connectivity index (χ3v) is 5.30. The highest BCUT2D eigenvalue weighted by atomic mass is 16.5. The van der Waals surface area contributed by atoms with E-state index in [0.717, 1.165) is 49.8 Å². The van der Waals surface area contributed by atoms with Crippen molar-refractivity contribution in [1.29, 1.82) is 0 Å². The van der Waals surface area contributed by atoms with E-state index in [1.54, 1.807) is 31.7 Å². The first-order valence-corrected chi connectivity index (χ1v) is 10.8. The third kappa shape index (κ3) is 4.69. The van der Waals surface area contributed by atoms with Crippen LogP contribution in [-0.4, -0.2) is 73.4 Å². The molecule has 1 aromatic carbocycles. The summed E-state index contributed by atoms with van der Waals surface area (Å²) in [4.78, 5) is 35.2. The molecule has 2 N–H and O–H groups in total. The van der Waals surface area contributed by atoms with Crippen LogP contribution in [0.3, 0.4) is 0 Å². The van der Waals surface area contributed by atoms with Gasteiger partial charge < -0.3 is 19.0 Å². The monoisotopic (exact) mass is 448 g/mol. The lowest BCUT2D eigenvalue weighted by Gasteiger charge is -2.25. The van der Waals surface area contributed by atoms with E-state index in [4.69, 9.17) is 9.47 Å². The average Bonchev–Trinajstić information content (AvgIpc) is 3.46. The number of carbonyl (C=O) groups excluding carboxylic acids is 1. The van der Waals surface area contributed by atoms with E-state index in [2.05, 4.69) is 35.1 Å². The van der Waals surface area contributed by atoms with E-state index in [-0.39, 0.29) is 12.6 Å². The molecule has 0 spiro atoms. The zero-order chi connectivity index (χ0) is 22.6. The van der Waals surface area contributed by atoms with E-state index >= 15 is 0 Å². The predicted molar refractivity (Wildman–Crippen MR) is 121 cm³/mol. The van der Waals surface area contributed by atoms with Crippen LogP contribution in [0.4, 0.5) is 10.7 Å². The van der Waals surface area contributed by atoms with E-state index in [9.17, 15) is 4.79 Å². The van der Waals surface area contributed by atoms with Crippen LogP contribution >= 0.6 is 0 Å². The fourth-order valence-corrected chi connectivity index (χ4v) is 3.76. The van der Waals surface area contributed by atoms with Crippen LogP contribution < -0.4 is 5.32 Å². The molecule has 11 heteroatoms. The maximum atomic E-state index is 11.9. The molecule has 0 atom stereocenters. The van der Waals surface area contributed by atoms with Crippen LogP contribution in [0.1, 0.15) is 12.6 Å². The highest BCUT2D eigenvalue weighted by Crippen LogP contribution is 2.29. The van der Waals surface area contributed by atoms with Crippen molar-refractivity contribution in [3.8, 4) is 17.1 Å². The Balaban J connectivity index is 1.50. The number of nitrogens with zero attached hydrogens (tertiary/aromatic N) is 6. The number of aromatic amines is 1. The Labute approximate surface area is 189 Å². The number of morpholine rings is 1. The highest BCUT2D eigenvalue weighted by molar-refractivity contribution is 5.95. The number of hydrogen-bond acceptors (Lipinski definition) is 8. The van der Waals surface area contributed by atoms with Crippen LogP contribution in [-0.2, 0) is 16.0 Å². The predicted octanol–water partition coefficient (Wildman–Crippen LogP) is 2.61. The Morgan fingerprint density at radius 3 is 2.82 bits per heavy atom. The number of ether oxygens (including phenoxy) is 2. The Bertz CT molecular complexity index is 1250. The normalized spacial score (nSPS) is 14.5. The van der Waals surface area contributed by atoms with Crippen molar-refractivity contribution in [3.63, 3.8) is 0 Å². The number of rotatable bonds is 6. The fourth-order valence-electron chi connectivity index (χ4n) is 3.76. The number of aromatic nitrogens is 6. The summed E-state index contributed by atoms with van der Waals surface area (Å²) < 4.78 is 12.3. The van der Waals surface area contributed by atoms with Crippen molar-refractivity contribution < 1.29 is 14.3 Å². The van der Waals surface area contributed by atoms with Crippen LogP contribution in [0.2, 0.25) is 0 Å². The molecule has 0 saturated carbocycles. The van der Waals surface area contributed by atoms with Gasteiger partial charge in [0, 0.05) is 49.5 Å². The van der Waals surface area contributed by atoms with Crippen molar-refractivity contribution in [3.05, 3.63) is 48.8 Å². The molecule has 1 amide bonds. The van der Waals surface area contributed by atoms with Gasteiger partial charge in [-0.25, -0.2) is 24.7 Å². The summed E-state index contributed by atoms with van der Waals surface area (Å²) in [6, 6.07) is 5.66. The standard InChI is InChI=1S/C22H24N8O3/c1-2-33-22(31)28-21-26-18-11-16(10-17(19(18)27-21)20-23-4-3-5-24-20)30-13-15(25-14-30)12-29-6-8-32-9-7-29/h3-5,10-11,13-14H,2,6-9,12H2,1H3,(H2,26,27,28,31). The summed E-state index contributed by atoms with van der Waals surface area (Å²) in [7, 11) is 0. The van der Waals surface area contributed by atoms with E-state index < -0.39 is 6.09 Å². The molecule has 1 saturated heterocycles. The lowest BCUT2D eigenvalue weighted by atomic mass is 10.1. The Morgan fingerprint density at radius 1 is 1.21 bits per heavy atom. The molecule has 0 bridgehead atoms. The van der Waals surface area contributed by atoms with Gasteiger partial charge in [0.2, 0.25) is 5.95 Å². The molecule has 11 nitrogen and oxygen atoms in total. The summed E-state index contributed by atoms with van der Waals surface area (Å²) in [5, 5.41) is 2.62. The number of imidazole rings is 2. The number of hydrogen-bond donors (Lipinski definition) is 2. The summed E-state index contributed by atoms with van der Waals surface area (Å²) in [5.74, 6) is 0.834. The van der Waals surface area contributed by atoms with Gasteiger partial charge in [0.1, 0.15) is 0 Å². The van der Waals surface area contributed by atoms with Crippen LogP contribution in [0.5, 0.6) is 0 Å². The van der Waals surface area contributed by atoms with Gasteiger partial charge in [0.15, 0.2) is 5.82 Å². The van der Waals surface area contributed by atoms with Crippen molar-refractivity contribution in [1.82, 2.24) is 34.4 Å². The number of carbonyl (C=O) groups is 1. The van der Waals surface area contributed by atoms with Gasteiger partial charge in [-0.1, -0.05) is 0 Å². The Morgan fingerprint density at radius 2 is 2.03 bits per heavy atom. The topological polar surface area (TPSA) is 123 Å². The number of nitrogens with one attached hydrogen (secondary N) is 2. The second kappa shape index (κ2) is 9.35. The maximum Gasteiger partial charge on any atom is 0.413 e. The highest BCUT2D eigenvalue weighted by Gasteiger charge is 2.17. The molecule has 0 aliphatic carbocycles. The second-order valence-corrected chi connectivity index (χ2v) is 7.55. The molecule has 3 aromatic heterocycles. The zero-order valence-corrected chi connectivity index (χ0v) is 18.2. The Hall–Kier alpha value is -3.83. The quantitative estimate of drug-likeness (QED) is 0.461. The molecule has 0 unspecified atom stereocenters. The lowest BCUT2D eigenvalue weighted by molar-refractivity contribution is 0.0337. The minimum atomic E-state index is -0.573. The Kier molecular flexibility index (Phi) is 5.96. The van der Waals surface area contributed by atoms with Gasteiger partial charge in [0.05, 0.1) is 42.9 Å². The SMILES string of the molecule is CCOC(=O)Nc1nc2cc(-n3cnc(CN4CCOCC4)c3)cc(-c3ncccn3)c2[nH]1. The molecule has 33 heavy (non-hydrogen) atoms. The van der Waals surface area contributed by atoms with Gasteiger partial charge in [-0.3, -0.25) is 10.2 Å². The number of benzene rings is 1. The summed E-state index contributed by atoms with van der Waals surface area (Å²) >= 11 is 0. The number of amides is 1. The molecular formula is C22H24N8O3. The largest absolute Gasteiger partial charge is 0.450 e. The molecular weight excluding hydrogens is 424 g/mol. The van der Waals surface area contributed by atoms with Crippen LogP contribution in [0.15, 0.2) is 43.1 Å². The minimum absolute atomic E-state index is 0.271. The smallest absolute Gasteiger partial charge is 0.413 e. The van der Waals surface area contributed by atoms with Gasteiger partial charge >= 0.3 is 6.09 Å². The average molecular weight is 448 g/mol. The first-order chi connectivity index (χ1) is 16.2. The van der Waals surface area contributed by atoms with Crippen molar-refractivity contribution in [2.75, 3.05) is 38.2 Å². The number of fused-ring (bicyclic) bond motifs is 1. The van der Waals surface area contributed by atoms with Crippen molar-refractivity contribution in [2.24, 2.45) is 0 Å². The summed E-state index contributed by atoms with van der Waals surface area (Å²) in [6.45, 7) is 6.08. The molecule has 4 heterocycles. The van der Waals surface area contributed by atoms with Crippen molar-refractivity contribution in [2.45, 2.75) is 13.5 Å². The summed E-state index contributed by atoms with van der Waals surface area (Å²) in [5.41, 5.74) is 3.97. The number of anilines is 1. The molecule has 170 valence electrons. The maximum absolute atomic E-state index is 11.9. The molecule has 0 radical (unpaired) electrons. The fraction of sp³-hybridized carbons (Fsp3) is 0.318. The van der Waals surface area contributed by atoms with Gasteiger partial charge in [-0.2, -0.15) is 0 Å². The molecule has 5 rings (SSSR count). The molecule has 1 fully saturated rings.